The summed E-state index contributed by atoms with van der Waals surface area (Å²) in [6.07, 6.45) is 0.834. The molecular formula is C10H16N2O3. The second-order valence-electron chi connectivity index (χ2n) is 4.24. The summed E-state index contributed by atoms with van der Waals surface area (Å²) in [5, 5.41) is 2.77. The van der Waals surface area contributed by atoms with E-state index in [0.717, 1.165) is 13.0 Å². The van der Waals surface area contributed by atoms with Gasteiger partial charge in [-0.1, -0.05) is 0 Å². The third kappa shape index (κ3) is 1.61. The molecule has 0 spiro atoms. The third-order valence-electron chi connectivity index (χ3n) is 3.46. The molecule has 2 aliphatic rings. The number of nitrogens with one attached hydrogen (secondary N) is 1. The summed E-state index contributed by atoms with van der Waals surface area (Å²) in [5.74, 6) is -0.415. The van der Waals surface area contributed by atoms with Crippen LogP contribution < -0.4 is 5.32 Å². The Morgan fingerprint density at radius 1 is 1.60 bits per heavy atom. The lowest BCUT2D eigenvalue weighted by molar-refractivity contribution is -0.150. The van der Waals surface area contributed by atoms with Gasteiger partial charge < -0.3 is 15.0 Å². The number of methoxy groups -OCH3 is 1. The Morgan fingerprint density at radius 3 is 3.00 bits per heavy atom. The highest BCUT2D eigenvalue weighted by atomic mass is 16.5. The van der Waals surface area contributed by atoms with E-state index in [1.165, 1.54) is 7.11 Å². The largest absolute Gasteiger partial charge is 0.469 e. The Kier molecular flexibility index (Phi) is 2.65. The summed E-state index contributed by atoms with van der Waals surface area (Å²) in [7, 11) is 3.35. The van der Waals surface area contributed by atoms with Crippen molar-refractivity contribution in [3.05, 3.63) is 0 Å². The lowest BCUT2D eigenvalue weighted by Crippen LogP contribution is -2.55. The Balaban J connectivity index is 2.20. The summed E-state index contributed by atoms with van der Waals surface area (Å²) in [4.78, 5) is 25.2. The molecule has 5 heteroatoms. The van der Waals surface area contributed by atoms with E-state index in [1.54, 1.807) is 0 Å². The number of piperidine rings is 1. The fraction of sp³-hybridized carbons (Fsp3) is 0.800. The van der Waals surface area contributed by atoms with E-state index < -0.39 is 0 Å². The number of fused-ring (bicyclic) bond motifs is 1. The minimum absolute atomic E-state index is 0.0196. The number of nitrogens with zero attached hydrogens (tertiary/aromatic N) is 1. The molecule has 2 heterocycles. The molecule has 84 valence electrons. The van der Waals surface area contributed by atoms with Gasteiger partial charge in [0, 0.05) is 12.6 Å². The van der Waals surface area contributed by atoms with Crippen LogP contribution in [0, 0.1) is 11.8 Å². The number of amides is 1. The van der Waals surface area contributed by atoms with Gasteiger partial charge in [-0.2, -0.15) is 0 Å². The molecule has 0 radical (unpaired) electrons. The summed E-state index contributed by atoms with van der Waals surface area (Å²) < 4.78 is 4.76. The molecule has 1 amide bonds. The lowest BCUT2D eigenvalue weighted by Gasteiger charge is -2.35. The van der Waals surface area contributed by atoms with E-state index in [1.807, 2.05) is 7.05 Å². The second-order valence-corrected chi connectivity index (χ2v) is 4.24. The smallest absolute Gasteiger partial charge is 0.312 e. The predicted octanol–water partition coefficient (Wildman–Crippen LogP) is -0.774. The zero-order valence-corrected chi connectivity index (χ0v) is 9.03. The Hall–Kier alpha value is -1.10. The zero-order valence-electron chi connectivity index (χ0n) is 9.03. The first kappa shape index (κ1) is 10.4. The van der Waals surface area contributed by atoms with Gasteiger partial charge in [0.2, 0.25) is 5.91 Å². The van der Waals surface area contributed by atoms with Crippen LogP contribution >= 0.6 is 0 Å². The first-order valence-corrected chi connectivity index (χ1v) is 5.21. The Labute approximate surface area is 88.8 Å². The first-order chi connectivity index (χ1) is 7.15. The van der Waals surface area contributed by atoms with Gasteiger partial charge >= 0.3 is 5.97 Å². The molecule has 2 saturated heterocycles. The molecule has 15 heavy (non-hydrogen) atoms. The van der Waals surface area contributed by atoms with Crippen molar-refractivity contribution < 1.29 is 14.3 Å². The lowest BCUT2D eigenvalue weighted by atomic mass is 9.85. The number of hydrogen-bond donors (Lipinski definition) is 1. The minimum atomic E-state index is -0.223. The minimum Gasteiger partial charge on any atom is -0.469 e. The van der Waals surface area contributed by atoms with Crippen molar-refractivity contribution in [3.8, 4) is 0 Å². The van der Waals surface area contributed by atoms with Crippen LogP contribution in [0.15, 0.2) is 0 Å². The molecule has 0 aromatic carbocycles. The molecule has 1 N–H and O–H groups in total. The number of carbonyl (C=O) groups is 2. The number of esters is 1. The Morgan fingerprint density at radius 2 is 2.33 bits per heavy atom. The van der Waals surface area contributed by atoms with Crippen molar-refractivity contribution in [3.63, 3.8) is 0 Å². The van der Waals surface area contributed by atoms with Gasteiger partial charge in [0.05, 0.1) is 18.9 Å². The van der Waals surface area contributed by atoms with Crippen LogP contribution in [-0.2, 0) is 14.3 Å². The highest BCUT2D eigenvalue weighted by Crippen LogP contribution is 2.31. The van der Waals surface area contributed by atoms with Crippen molar-refractivity contribution in [2.24, 2.45) is 11.8 Å². The average Bonchev–Trinajstić information content (AvgIpc) is 2.62. The molecule has 2 fully saturated rings. The van der Waals surface area contributed by atoms with Crippen LogP contribution in [0.1, 0.15) is 6.42 Å². The predicted molar refractivity (Wildman–Crippen MR) is 53.0 cm³/mol. The number of ether oxygens (including phenoxy) is 1. The highest BCUT2D eigenvalue weighted by Gasteiger charge is 2.47. The fourth-order valence-corrected chi connectivity index (χ4v) is 2.68. The maximum atomic E-state index is 11.6. The van der Waals surface area contributed by atoms with E-state index in [-0.39, 0.29) is 29.8 Å². The number of rotatable bonds is 1. The van der Waals surface area contributed by atoms with E-state index in [0.29, 0.717) is 6.54 Å². The van der Waals surface area contributed by atoms with E-state index in [9.17, 15) is 9.59 Å². The third-order valence-corrected chi connectivity index (χ3v) is 3.46. The van der Waals surface area contributed by atoms with Crippen LogP contribution in [0.3, 0.4) is 0 Å². The molecule has 3 unspecified atom stereocenters. The van der Waals surface area contributed by atoms with E-state index in [4.69, 9.17) is 4.74 Å². The van der Waals surface area contributed by atoms with Crippen molar-refractivity contribution in [1.29, 1.82) is 0 Å². The number of carbonyl (C=O) groups excluding carboxylic acids is 2. The molecule has 0 saturated carbocycles. The molecule has 2 aliphatic heterocycles. The van der Waals surface area contributed by atoms with Crippen molar-refractivity contribution in [1.82, 2.24) is 10.2 Å². The second kappa shape index (κ2) is 3.81. The van der Waals surface area contributed by atoms with Crippen LogP contribution in [-0.4, -0.2) is 50.1 Å². The first-order valence-electron chi connectivity index (χ1n) is 5.21. The van der Waals surface area contributed by atoms with Gasteiger partial charge in [-0.25, -0.2) is 0 Å². The average molecular weight is 212 g/mol. The van der Waals surface area contributed by atoms with Crippen molar-refractivity contribution in [2.75, 3.05) is 27.2 Å². The Bertz CT molecular complexity index is 292. The summed E-state index contributed by atoms with van der Waals surface area (Å²) in [5.41, 5.74) is 0. The SMILES string of the molecule is COC(=O)C1CNC(=O)C2CCN(C)C21. The molecule has 5 nitrogen and oxygen atoms in total. The van der Waals surface area contributed by atoms with Crippen molar-refractivity contribution in [2.45, 2.75) is 12.5 Å². The molecule has 3 atom stereocenters. The molecule has 2 rings (SSSR count). The normalized spacial score (nSPS) is 35.9. The molecule has 0 aromatic rings. The zero-order chi connectivity index (χ0) is 11.0. The van der Waals surface area contributed by atoms with Gasteiger partial charge in [-0.05, 0) is 20.0 Å². The van der Waals surface area contributed by atoms with Gasteiger partial charge in [0.1, 0.15) is 0 Å². The van der Waals surface area contributed by atoms with Gasteiger partial charge in [-0.15, -0.1) is 0 Å². The van der Waals surface area contributed by atoms with Crippen LogP contribution in [0.4, 0.5) is 0 Å². The van der Waals surface area contributed by atoms with Gasteiger partial charge in [-0.3, -0.25) is 9.59 Å². The van der Waals surface area contributed by atoms with Crippen LogP contribution in [0.5, 0.6) is 0 Å². The monoisotopic (exact) mass is 212 g/mol. The molecule has 0 aliphatic carbocycles. The fourth-order valence-electron chi connectivity index (χ4n) is 2.68. The standard InChI is InChI=1S/C10H16N2O3/c1-12-4-3-6-8(12)7(10(14)15-2)5-11-9(6)13/h6-8H,3-5H2,1-2H3,(H,11,13). The van der Waals surface area contributed by atoms with Gasteiger partial charge in [0.15, 0.2) is 0 Å². The van der Waals surface area contributed by atoms with E-state index >= 15 is 0 Å². The van der Waals surface area contributed by atoms with Crippen LogP contribution in [0.25, 0.3) is 0 Å². The van der Waals surface area contributed by atoms with E-state index in [2.05, 4.69) is 10.2 Å². The maximum Gasteiger partial charge on any atom is 0.312 e. The molecular weight excluding hydrogens is 196 g/mol. The molecule has 0 bridgehead atoms. The van der Waals surface area contributed by atoms with Gasteiger partial charge in [0.25, 0.3) is 0 Å². The van der Waals surface area contributed by atoms with Crippen LogP contribution in [0.2, 0.25) is 0 Å². The van der Waals surface area contributed by atoms with Crippen molar-refractivity contribution >= 4 is 11.9 Å². The number of hydrogen-bond acceptors (Lipinski definition) is 4. The maximum absolute atomic E-state index is 11.6. The molecule has 0 aromatic heterocycles. The quantitative estimate of drug-likeness (QED) is 0.580. The number of likely N-dealkylation sites (tertiary alicyclic amines) is 1. The highest BCUT2D eigenvalue weighted by molar-refractivity contribution is 5.84. The topological polar surface area (TPSA) is 58.6 Å². The summed E-state index contributed by atoms with van der Waals surface area (Å²) in [6.45, 7) is 1.27. The summed E-state index contributed by atoms with van der Waals surface area (Å²) in [6, 6.07) is 0.0196. The summed E-state index contributed by atoms with van der Waals surface area (Å²) >= 11 is 0.